The first-order valence-corrected chi connectivity index (χ1v) is 11.1. The third-order valence-corrected chi connectivity index (χ3v) is 5.81. The Morgan fingerprint density at radius 1 is 1.12 bits per heavy atom. The van der Waals surface area contributed by atoms with E-state index < -0.39 is 5.91 Å². The molecule has 1 aliphatic rings. The highest BCUT2D eigenvalue weighted by molar-refractivity contribution is 5.95. The van der Waals surface area contributed by atoms with Crippen molar-refractivity contribution in [3.63, 3.8) is 0 Å². The zero-order chi connectivity index (χ0) is 23.5. The molecule has 33 heavy (non-hydrogen) atoms. The summed E-state index contributed by atoms with van der Waals surface area (Å²) in [6.45, 7) is 7.14. The van der Waals surface area contributed by atoms with E-state index in [1.807, 2.05) is 43.3 Å². The smallest absolute Gasteiger partial charge is 0.249 e. The molecule has 1 saturated heterocycles. The molecule has 7 nitrogen and oxygen atoms in total. The Hall–Kier alpha value is -3.74. The van der Waals surface area contributed by atoms with E-state index in [0.29, 0.717) is 41.5 Å². The lowest BCUT2D eigenvalue weighted by molar-refractivity contribution is -0.128. The van der Waals surface area contributed by atoms with Crippen LogP contribution in [0.1, 0.15) is 54.7 Å². The molecule has 4 rings (SSSR count). The third-order valence-electron chi connectivity index (χ3n) is 5.81. The standard InChI is InChI=1S/C26H28N4O3/c1-16(2)22-11-12-23(29-28-22)18-7-9-19(10-8-18)33-24-6-4-5-20(26(27)32)21(24)15-30-14-17(3)13-25(30)31/h4-12,16-17H,13-15H2,1-3H3,(H2,27,32). The van der Waals surface area contributed by atoms with Gasteiger partial charge in [-0.1, -0.05) is 26.8 Å². The van der Waals surface area contributed by atoms with Crippen LogP contribution in [-0.4, -0.2) is 33.5 Å². The number of nitrogens with zero attached hydrogens (tertiary/aromatic N) is 3. The number of hydrogen-bond donors (Lipinski definition) is 1. The van der Waals surface area contributed by atoms with E-state index >= 15 is 0 Å². The largest absolute Gasteiger partial charge is 0.457 e. The van der Waals surface area contributed by atoms with E-state index in [-0.39, 0.29) is 18.4 Å². The maximum Gasteiger partial charge on any atom is 0.249 e. The number of nitrogens with two attached hydrogens (primary N) is 1. The van der Waals surface area contributed by atoms with Gasteiger partial charge in [0.05, 0.1) is 17.9 Å². The van der Waals surface area contributed by atoms with Gasteiger partial charge in [-0.3, -0.25) is 9.59 Å². The van der Waals surface area contributed by atoms with Crippen LogP contribution in [0.2, 0.25) is 0 Å². The zero-order valence-electron chi connectivity index (χ0n) is 19.1. The molecule has 0 radical (unpaired) electrons. The summed E-state index contributed by atoms with van der Waals surface area (Å²) < 4.78 is 6.13. The van der Waals surface area contributed by atoms with Crippen LogP contribution in [0.25, 0.3) is 11.3 Å². The first-order chi connectivity index (χ1) is 15.8. The summed E-state index contributed by atoms with van der Waals surface area (Å²) in [5.41, 5.74) is 9.25. The van der Waals surface area contributed by atoms with Crippen LogP contribution in [0.5, 0.6) is 11.5 Å². The van der Waals surface area contributed by atoms with Gasteiger partial charge >= 0.3 is 0 Å². The van der Waals surface area contributed by atoms with Gasteiger partial charge in [0, 0.05) is 29.7 Å². The van der Waals surface area contributed by atoms with Crippen molar-refractivity contribution in [3.05, 3.63) is 71.4 Å². The van der Waals surface area contributed by atoms with Crippen molar-refractivity contribution in [3.8, 4) is 22.8 Å². The average Bonchev–Trinajstić information content (AvgIpc) is 3.11. The maximum absolute atomic E-state index is 12.3. The van der Waals surface area contributed by atoms with Gasteiger partial charge in [-0.2, -0.15) is 10.2 Å². The van der Waals surface area contributed by atoms with Gasteiger partial charge in [0.25, 0.3) is 0 Å². The second-order valence-electron chi connectivity index (χ2n) is 8.85. The van der Waals surface area contributed by atoms with E-state index in [2.05, 4.69) is 24.0 Å². The van der Waals surface area contributed by atoms with E-state index in [1.165, 1.54) is 0 Å². The fourth-order valence-electron chi connectivity index (χ4n) is 3.99. The van der Waals surface area contributed by atoms with Crippen LogP contribution in [0.15, 0.2) is 54.6 Å². The summed E-state index contributed by atoms with van der Waals surface area (Å²) in [5.74, 6) is 1.25. The number of rotatable bonds is 7. The van der Waals surface area contributed by atoms with Crippen molar-refractivity contribution >= 4 is 11.8 Å². The number of carbonyl (C=O) groups is 2. The van der Waals surface area contributed by atoms with E-state index in [4.69, 9.17) is 10.5 Å². The van der Waals surface area contributed by atoms with Gasteiger partial charge < -0.3 is 15.4 Å². The summed E-state index contributed by atoms with van der Waals surface area (Å²) >= 11 is 0. The molecule has 2 amide bonds. The van der Waals surface area contributed by atoms with Crippen molar-refractivity contribution < 1.29 is 14.3 Å². The van der Waals surface area contributed by atoms with Gasteiger partial charge in [0.1, 0.15) is 11.5 Å². The lowest BCUT2D eigenvalue weighted by Gasteiger charge is -2.20. The molecule has 2 N–H and O–H groups in total. The van der Waals surface area contributed by atoms with Crippen LogP contribution < -0.4 is 10.5 Å². The first kappa shape index (κ1) is 22.5. The van der Waals surface area contributed by atoms with E-state index in [0.717, 1.165) is 17.0 Å². The van der Waals surface area contributed by atoms with Gasteiger partial charge in [0.15, 0.2) is 0 Å². The van der Waals surface area contributed by atoms with Crippen LogP contribution >= 0.6 is 0 Å². The average molecular weight is 445 g/mol. The van der Waals surface area contributed by atoms with Gasteiger partial charge in [-0.05, 0) is 60.4 Å². The lowest BCUT2D eigenvalue weighted by atomic mass is 10.0. The Balaban J connectivity index is 1.57. The number of hydrogen-bond acceptors (Lipinski definition) is 5. The Bertz CT molecular complexity index is 1160. The minimum atomic E-state index is -0.547. The second-order valence-corrected chi connectivity index (χ2v) is 8.85. The Morgan fingerprint density at radius 2 is 1.88 bits per heavy atom. The molecule has 1 aromatic heterocycles. The number of likely N-dealkylation sites (tertiary alicyclic amines) is 1. The number of benzene rings is 2. The van der Waals surface area contributed by atoms with Crippen LogP contribution in [0.4, 0.5) is 0 Å². The summed E-state index contributed by atoms with van der Waals surface area (Å²) in [6.07, 6.45) is 0.511. The Kier molecular flexibility index (Phi) is 6.40. The summed E-state index contributed by atoms with van der Waals surface area (Å²) in [4.78, 5) is 26.1. The SMILES string of the molecule is CC1CC(=O)N(Cc2c(Oc3ccc(-c4ccc(C(C)C)nn4)cc3)cccc2C(N)=O)C1. The number of primary amides is 1. The molecule has 170 valence electrons. The summed E-state index contributed by atoms with van der Waals surface area (Å²) in [6, 6.07) is 16.6. The quantitative estimate of drug-likeness (QED) is 0.577. The molecular formula is C26H28N4O3. The Labute approximate surface area is 193 Å². The molecule has 0 saturated carbocycles. The van der Waals surface area contributed by atoms with Crippen molar-refractivity contribution in [1.29, 1.82) is 0 Å². The topological polar surface area (TPSA) is 98.4 Å². The van der Waals surface area contributed by atoms with Crippen molar-refractivity contribution in [2.75, 3.05) is 6.54 Å². The summed E-state index contributed by atoms with van der Waals surface area (Å²) in [7, 11) is 0. The van der Waals surface area contributed by atoms with Crippen LogP contribution in [-0.2, 0) is 11.3 Å². The predicted octanol–water partition coefficient (Wildman–Crippen LogP) is 4.53. The molecule has 1 aliphatic heterocycles. The maximum atomic E-state index is 12.3. The normalized spacial score (nSPS) is 15.8. The number of aromatic nitrogens is 2. The highest BCUT2D eigenvalue weighted by Crippen LogP contribution is 2.32. The summed E-state index contributed by atoms with van der Waals surface area (Å²) in [5, 5.41) is 8.61. The fourth-order valence-corrected chi connectivity index (χ4v) is 3.99. The monoisotopic (exact) mass is 444 g/mol. The zero-order valence-corrected chi connectivity index (χ0v) is 19.1. The molecule has 7 heteroatoms. The van der Waals surface area contributed by atoms with Crippen molar-refractivity contribution in [2.45, 2.75) is 39.7 Å². The Morgan fingerprint density at radius 3 is 2.45 bits per heavy atom. The molecule has 2 aromatic carbocycles. The predicted molar refractivity (Wildman–Crippen MR) is 126 cm³/mol. The lowest BCUT2D eigenvalue weighted by Crippen LogP contribution is -2.26. The molecular weight excluding hydrogens is 416 g/mol. The van der Waals surface area contributed by atoms with Crippen molar-refractivity contribution in [2.24, 2.45) is 11.7 Å². The minimum Gasteiger partial charge on any atom is -0.457 e. The molecule has 2 heterocycles. The molecule has 0 aliphatic carbocycles. The second kappa shape index (κ2) is 9.40. The molecule has 3 aromatic rings. The van der Waals surface area contributed by atoms with Gasteiger partial charge in [-0.15, -0.1) is 0 Å². The van der Waals surface area contributed by atoms with E-state index in [1.54, 1.807) is 23.1 Å². The van der Waals surface area contributed by atoms with Crippen LogP contribution in [0.3, 0.4) is 0 Å². The number of ether oxygens (including phenoxy) is 1. The highest BCUT2D eigenvalue weighted by atomic mass is 16.5. The third kappa shape index (κ3) is 5.03. The van der Waals surface area contributed by atoms with Gasteiger partial charge in [-0.25, -0.2) is 0 Å². The van der Waals surface area contributed by atoms with Gasteiger partial charge in [0.2, 0.25) is 11.8 Å². The molecule has 1 fully saturated rings. The molecule has 1 unspecified atom stereocenters. The van der Waals surface area contributed by atoms with Crippen LogP contribution in [0, 0.1) is 5.92 Å². The highest BCUT2D eigenvalue weighted by Gasteiger charge is 2.28. The number of amides is 2. The molecule has 1 atom stereocenters. The van der Waals surface area contributed by atoms with E-state index in [9.17, 15) is 9.59 Å². The molecule has 0 bridgehead atoms. The van der Waals surface area contributed by atoms with Crippen molar-refractivity contribution in [1.82, 2.24) is 15.1 Å². The molecule has 0 spiro atoms. The fraction of sp³-hybridized carbons (Fsp3) is 0.308. The minimum absolute atomic E-state index is 0.0710. The first-order valence-electron chi connectivity index (χ1n) is 11.1. The number of carbonyl (C=O) groups excluding carboxylic acids is 2.